The highest BCUT2D eigenvalue weighted by molar-refractivity contribution is 5.70. The molecule has 0 radical (unpaired) electrons. The zero-order valence-electron chi connectivity index (χ0n) is 20.0. The van der Waals surface area contributed by atoms with E-state index in [-0.39, 0.29) is 18.6 Å². The Labute approximate surface area is 207 Å². The molecule has 1 N–H and O–H groups in total. The van der Waals surface area contributed by atoms with Gasteiger partial charge in [-0.05, 0) is 44.7 Å². The van der Waals surface area contributed by atoms with E-state index in [1.165, 1.54) is 6.33 Å². The summed E-state index contributed by atoms with van der Waals surface area (Å²) in [7, 11) is 1.79. The maximum Gasteiger partial charge on any atom is 0.306 e. The number of carbonyl (C=O) groups is 1. The molecule has 0 saturated heterocycles. The van der Waals surface area contributed by atoms with Crippen LogP contribution in [0, 0.1) is 12.8 Å². The van der Waals surface area contributed by atoms with Crippen LogP contribution < -0.4 is 9.47 Å². The van der Waals surface area contributed by atoms with Crippen LogP contribution in [0.5, 0.6) is 11.6 Å². The number of carboxylic acid groups (broad SMARTS) is 1. The Morgan fingerprint density at radius 3 is 2.92 bits per heavy atom. The molecule has 1 fully saturated rings. The summed E-state index contributed by atoms with van der Waals surface area (Å²) in [5, 5.41) is 17.8. The van der Waals surface area contributed by atoms with Crippen LogP contribution in [0.25, 0.3) is 17.2 Å². The SMILES string of the molecule is Cc1nc(-c2nnn(C)c2COc2cc(-n3ccnc3)ncn2)ccc1O[C@H]1CCC[C@H](C(=O)O)C1. The number of rotatable bonds is 8. The number of aryl methyl sites for hydroxylation is 2. The summed E-state index contributed by atoms with van der Waals surface area (Å²) in [6.07, 6.45) is 9.28. The molecule has 5 rings (SSSR count). The molecule has 4 aromatic heterocycles. The lowest BCUT2D eigenvalue weighted by atomic mass is 9.87. The predicted molar refractivity (Wildman–Crippen MR) is 126 cm³/mol. The van der Waals surface area contributed by atoms with Gasteiger partial charge in [-0.1, -0.05) is 5.21 Å². The van der Waals surface area contributed by atoms with Crippen LogP contribution in [0.3, 0.4) is 0 Å². The van der Waals surface area contributed by atoms with Gasteiger partial charge in [0.25, 0.3) is 0 Å². The summed E-state index contributed by atoms with van der Waals surface area (Å²) in [4.78, 5) is 28.5. The van der Waals surface area contributed by atoms with Crippen molar-refractivity contribution in [3.63, 3.8) is 0 Å². The Kier molecular flexibility index (Phi) is 6.56. The molecule has 186 valence electrons. The number of ether oxygens (including phenoxy) is 2. The van der Waals surface area contributed by atoms with E-state index in [9.17, 15) is 9.90 Å². The molecule has 12 nitrogen and oxygen atoms in total. The first-order valence-electron chi connectivity index (χ1n) is 11.7. The highest BCUT2D eigenvalue weighted by Crippen LogP contribution is 2.30. The Hall–Kier alpha value is -4.35. The zero-order chi connectivity index (χ0) is 25.1. The average molecular weight is 491 g/mol. The number of nitrogens with zero attached hydrogens (tertiary/aromatic N) is 8. The van der Waals surface area contributed by atoms with Crippen LogP contribution in [0.2, 0.25) is 0 Å². The molecule has 0 bridgehead atoms. The normalized spacial score (nSPS) is 17.6. The van der Waals surface area contributed by atoms with Crippen LogP contribution in [-0.2, 0) is 18.4 Å². The third-order valence-corrected chi connectivity index (χ3v) is 6.25. The highest BCUT2D eigenvalue weighted by atomic mass is 16.5. The first-order valence-corrected chi connectivity index (χ1v) is 11.7. The third kappa shape index (κ3) is 5.02. The van der Waals surface area contributed by atoms with Crippen LogP contribution in [0.1, 0.15) is 37.1 Å². The van der Waals surface area contributed by atoms with Gasteiger partial charge in [0, 0.05) is 25.5 Å². The average Bonchev–Trinajstić information content (AvgIpc) is 3.55. The number of aromatic nitrogens is 8. The Morgan fingerprint density at radius 1 is 1.25 bits per heavy atom. The van der Waals surface area contributed by atoms with Crippen molar-refractivity contribution in [2.75, 3.05) is 0 Å². The minimum Gasteiger partial charge on any atom is -0.489 e. The lowest BCUT2D eigenvalue weighted by Gasteiger charge is -2.27. The zero-order valence-corrected chi connectivity index (χ0v) is 20.0. The summed E-state index contributed by atoms with van der Waals surface area (Å²) in [5.74, 6) is 0.571. The minimum absolute atomic E-state index is 0.133. The molecule has 1 aliphatic rings. The molecule has 2 atom stereocenters. The van der Waals surface area contributed by atoms with Crippen LogP contribution in [-0.4, -0.2) is 56.7 Å². The molecule has 0 aromatic carbocycles. The molecule has 36 heavy (non-hydrogen) atoms. The molecule has 4 aromatic rings. The number of carboxylic acids is 1. The highest BCUT2D eigenvalue weighted by Gasteiger charge is 2.28. The second-order valence-corrected chi connectivity index (χ2v) is 8.70. The molecule has 0 amide bonds. The van der Waals surface area contributed by atoms with Gasteiger partial charge in [-0.2, -0.15) is 0 Å². The second kappa shape index (κ2) is 10.1. The minimum atomic E-state index is -0.759. The number of aliphatic carboxylic acids is 1. The summed E-state index contributed by atoms with van der Waals surface area (Å²) >= 11 is 0. The van der Waals surface area contributed by atoms with Crippen molar-refractivity contribution in [1.82, 2.24) is 39.5 Å². The lowest BCUT2D eigenvalue weighted by Crippen LogP contribution is -2.29. The number of pyridine rings is 1. The van der Waals surface area contributed by atoms with E-state index in [2.05, 4.69) is 25.3 Å². The van der Waals surface area contributed by atoms with Gasteiger partial charge >= 0.3 is 5.97 Å². The molecular formula is C24H26N8O4. The van der Waals surface area contributed by atoms with Crippen molar-refractivity contribution < 1.29 is 19.4 Å². The van der Waals surface area contributed by atoms with Crippen LogP contribution in [0.15, 0.2) is 43.2 Å². The Morgan fingerprint density at radius 2 is 2.14 bits per heavy atom. The smallest absolute Gasteiger partial charge is 0.306 e. The summed E-state index contributed by atoms with van der Waals surface area (Å²) in [6, 6.07) is 5.40. The van der Waals surface area contributed by atoms with Gasteiger partial charge in [0.15, 0.2) is 0 Å². The number of imidazole rings is 1. The molecular weight excluding hydrogens is 464 g/mol. The molecule has 1 saturated carbocycles. The van der Waals surface area contributed by atoms with E-state index in [0.29, 0.717) is 47.4 Å². The van der Waals surface area contributed by atoms with Gasteiger partial charge in [-0.25, -0.2) is 24.6 Å². The number of hydrogen-bond donors (Lipinski definition) is 1. The van der Waals surface area contributed by atoms with Crippen LogP contribution >= 0.6 is 0 Å². The van der Waals surface area contributed by atoms with E-state index in [4.69, 9.17) is 14.5 Å². The second-order valence-electron chi connectivity index (χ2n) is 8.70. The topological polar surface area (TPSA) is 143 Å². The van der Waals surface area contributed by atoms with Crippen LogP contribution in [0.4, 0.5) is 0 Å². The molecule has 0 unspecified atom stereocenters. The first kappa shape index (κ1) is 23.4. The standard InChI is InChI=1S/C24H26N8O4/c1-15-20(36-17-5-3-4-16(10-17)24(33)34)7-6-18(28-15)23-19(31(2)30-29-23)12-35-22-11-21(26-13-27-22)32-9-8-25-14-32/h6-9,11,13-14,16-17H,3-5,10,12H2,1-2H3,(H,33,34)/t16-,17-/m0/s1. The molecule has 0 spiro atoms. The third-order valence-electron chi connectivity index (χ3n) is 6.25. The Balaban J connectivity index is 1.30. The maximum absolute atomic E-state index is 11.4. The van der Waals surface area contributed by atoms with Gasteiger partial charge in [0.05, 0.1) is 23.4 Å². The van der Waals surface area contributed by atoms with E-state index in [1.54, 1.807) is 41.1 Å². The van der Waals surface area contributed by atoms with Gasteiger partial charge in [0.2, 0.25) is 5.88 Å². The largest absolute Gasteiger partial charge is 0.489 e. The van der Waals surface area contributed by atoms with Crippen molar-refractivity contribution >= 4 is 5.97 Å². The molecule has 12 heteroatoms. The summed E-state index contributed by atoms with van der Waals surface area (Å²) in [5.41, 5.74) is 2.67. The fourth-order valence-corrected chi connectivity index (χ4v) is 4.29. The summed E-state index contributed by atoms with van der Waals surface area (Å²) in [6.45, 7) is 2.04. The van der Waals surface area contributed by atoms with Crippen molar-refractivity contribution in [2.45, 2.75) is 45.3 Å². The maximum atomic E-state index is 11.4. The van der Waals surface area contributed by atoms with Gasteiger partial charge in [-0.3, -0.25) is 9.36 Å². The summed E-state index contributed by atoms with van der Waals surface area (Å²) < 4.78 is 15.5. The van der Waals surface area contributed by atoms with E-state index >= 15 is 0 Å². The van der Waals surface area contributed by atoms with E-state index in [1.807, 2.05) is 19.1 Å². The van der Waals surface area contributed by atoms with Gasteiger partial charge in [-0.15, -0.1) is 5.10 Å². The molecule has 4 heterocycles. The van der Waals surface area contributed by atoms with Crippen molar-refractivity contribution in [1.29, 1.82) is 0 Å². The Bertz CT molecular complexity index is 1350. The first-order chi connectivity index (χ1) is 17.5. The molecule has 1 aliphatic carbocycles. The lowest BCUT2D eigenvalue weighted by molar-refractivity contribution is -0.143. The fraction of sp³-hybridized carbons (Fsp3) is 0.375. The quantitative estimate of drug-likeness (QED) is 0.391. The number of hydrogen-bond acceptors (Lipinski definition) is 9. The molecule has 0 aliphatic heterocycles. The van der Waals surface area contributed by atoms with E-state index in [0.717, 1.165) is 18.5 Å². The van der Waals surface area contributed by atoms with Crippen molar-refractivity contribution in [2.24, 2.45) is 13.0 Å². The van der Waals surface area contributed by atoms with Gasteiger partial charge < -0.3 is 14.6 Å². The monoisotopic (exact) mass is 490 g/mol. The fourth-order valence-electron chi connectivity index (χ4n) is 4.29. The predicted octanol–water partition coefficient (Wildman–Crippen LogP) is 2.76. The van der Waals surface area contributed by atoms with Gasteiger partial charge in [0.1, 0.15) is 42.2 Å². The van der Waals surface area contributed by atoms with E-state index < -0.39 is 5.97 Å². The van der Waals surface area contributed by atoms with Crippen molar-refractivity contribution in [3.05, 3.63) is 54.6 Å². The van der Waals surface area contributed by atoms with Crippen molar-refractivity contribution in [3.8, 4) is 28.8 Å².